The Morgan fingerprint density at radius 1 is 1.38 bits per heavy atom. The molecule has 0 atom stereocenters. The molecule has 0 aliphatic carbocycles. The van der Waals surface area contributed by atoms with E-state index >= 15 is 0 Å². The van der Waals surface area contributed by atoms with Crippen LogP contribution in [0.1, 0.15) is 33.1 Å². The van der Waals surface area contributed by atoms with Crippen LogP contribution in [-0.2, 0) is 14.3 Å². The highest BCUT2D eigenvalue weighted by Gasteiger charge is 2.08. The highest BCUT2D eigenvalue weighted by molar-refractivity contribution is 5.87. The van der Waals surface area contributed by atoms with Gasteiger partial charge in [0.15, 0.2) is 0 Å². The minimum atomic E-state index is -0.290. The second-order valence-corrected chi connectivity index (χ2v) is 2.69. The van der Waals surface area contributed by atoms with Crippen molar-refractivity contribution >= 4 is 5.97 Å². The van der Waals surface area contributed by atoms with E-state index in [-0.39, 0.29) is 5.97 Å². The summed E-state index contributed by atoms with van der Waals surface area (Å²) >= 11 is 0. The van der Waals surface area contributed by atoms with Gasteiger partial charge in [0.1, 0.15) is 0 Å². The molecule has 0 aromatic carbocycles. The Morgan fingerprint density at radius 2 is 2.08 bits per heavy atom. The molecule has 0 N–H and O–H groups in total. The van der Waals surface area contributed by atoms with E-state index in [0.29, 0.717) is 12.2 Å². The molecule has 0 aromatic heterocycles. The molecule has 0 aliphatic heterocycles. The number of methoxy groups -OCH3 is 1. The SMILES string of the molecule is CCCCC(=COCC)C(=O)OC. The zero-order chi connectivity index (χ0) is 10.1. The largest absolute Gasteiger partial charge is 0.501 e. The van der Waals surface area contributed by atoms with Gasteiger partial charge in [-0.05, 0) is 19.8 Å². The molecular weight excluding hydrogens is 168 g/mol. The zero-order valence-electron chi connectivity index (χ0n) is 8.63. The van der Waals surface area contributed by atoms with Gasteiger partial charge in [0.2, 0.25) is 0 Å². The number of carbonyl (C=O) groups is 1. The van der Waals surface area contributed by atoms with Crippen LogP contribution in [0.4, 0.5) is 0 Å². The van der Waals surface area contributed by atoms with E-state index in [1.807, 2.05) is 6.92 Å². The van der Waals surface area contributed by atoms with E-state index in [1.165, 1.54) is 13.4 Å². The topological polar surface area (TPSA) is 35.5 Å². The van der Waals surface area contributed by atoms with Crippen molar-refractivity contribution in [2.75, 3.05) is 13.7 Å². The Morgan fingerprint density at radius 3 is 2.54 bits per heavy atom. The van der Waals surface area contributed by atoms with Crippen molar-refractivity contribution in [2.45, 2.75) is 33.1 Å². The third-order valence-corrected chi connectivity index (χ3v) is 1.64. The molecule has 0 radical (unpaired) electrons. The monoisotopic (exact) mass is 186 g/mol. The fourth-order valence-corrected chi connectivity index (χ4v) is 0.891. The molecule has 0 fully saturated rings. The summed E-state index contributed by atoms with van der Waals surface area (Å²) in [7, 11) is 1.38. The highest BCUT2D eigenvalue weighted by atomic mass is 16.5. The summed E-state index contributed by atoms with van der Waals surface area (Å²) in [6.07, 6.45) is 4.26. The van der Waals surface area contributed by atoms with Gasteiger partial charge in [-0.2, -0.15) is 0 Å². The van der Waals surface area contributed by atoms with Crippen LogP contribution >= 0.6 is 0 Å². The maximum Gasteiger partial charge on any atom is 0.336 e. The standard InChI is InChI=1S/C10H18O3/c1-4-6-7-9(8-13-5-2)10(11)12-3/h8H,4-7H2,1-3H3. The minimum absolute atomic E-state index is 0.290. The fourth-order valence-electron chi connectivity index (χ4n) is 0.891. The van der Waals surface area contributed by atoms with Gasteiger partial charge < -0.3 is 9.47 Å². The molecule has 0 aromatic rings. The highest BCUT2D eigenvalue weighted by Crippen LogP contribution is 2.09. The van der Waals surface area contributed by atoms with Crippen molar-refractivity contribution in [3.05, 3.63) is 11.8 Å². The molecule has 0 aliphatic rings. The summed E-state index contributed by atoms with van der Waals surface area (Å²) in [5.74, 6) is -0.290. The summed E-state index contributed by atoms with van der Waals surface area (Å²) in [6, 6.07) is 0. The van der Waals surface area contributed by atoms with Crippen molar-refractivity contribution in [2.24, 2.45) is 0 Å². The normalized spacial score (nSPS) is 11.2. The van der Waals surface area contributed by atoms with Crippen LogP contribution in [0.2, 0.25) is 0 Å². The molecule has 0 heterocycles. The summed E-state index contributed by atoms with van der Waals surface area (Å²) in [4.78, 5) is 11.2. The van der Waals surface area contributed by atoms with Crippen molar-refractivity contribution in [1.82, 2.24) is 0 Å². The first kappa shape index (κ1) is 12.0. The first-order valence-corrected chi connectivity index (χ1v) is 4.65. The van der Waals surface area contributed by atoms with Gasteiger partial charge in [0.05, 0.1) is 25.6 Å². The Labute approximate surface area is 79.7 Å². The third-order valence-electron chi connectivity index (χ3n) is 1.64. The molecular formula is C10H18O3. The van der Waals surface area contributed by atoms with Crippen molar-refractivity contribution < 1.29 is 14.3 Å². The lowest BCUT2D eigenvalue weighted by molar-refractivity contribution is -0.136. The molecule has 76 valence electrons. The lowest BCUT2D eigenvalue weighted by atomic mass is 10.1. The van der Waals surface area contributed by atoms with E-state index in [1.54, 1.807) is 0 Å². The number of esters is 1. The van der Waals surface area contributed by atoms with Crippen molar-refractivity contribution in [3.63, 3.8) is 0 Å². The molecule has 13 heavy (non-hydrogen) atoms. The van der Waals surface area contributed by atoms with Crippen LogP contribution in [-0.4, -0.2) is 19.7 Å². The predicted molar refractivity (Wildman–Crippen MR) is 51.3 cm³/mol. The first-order chi connectivity index (χ1) is 6.26. The van der Waals surface area contributed by atoms with Crippen LogP contribution in [0, 0.1) is 0 Å². The van der Waals surface area contributed by atoms with Gasteiger partial charge in [-0.15, -0.1) is 0 Å². The average molecular weight is 186 g/mol. The molecule has 3 heteroatoms. The minimum Gasteiger partial charge on any atom is -0.501 e. The predicted octanol–water partition coefficient (Wildman–Crippen LogP) is 2.27. The number of hydrogen-bond donors (Lipinski definition) is 0. The Kier molecular flexibility index (Phi) is 7.07. The van der Waals surface area contributed by atoms with E-state index in [4.69, 9.17) is 4.74 Å². The van der Waals surface area contributed by atoms with E-state index < -0.39 is 0 Å². The Hall–Kier alpha value is -0.990. The third kappa shape index (κ3) is 5.28. The van der Waals surface area contributed by atoms with Gasteiger partial charge >= 0.3 is 5.97 Å². The maximum absolute atomic E-state index is 11.2. The van der Waals surface area contributed by atoms with Gasteiger partial charge in [-0.25, -0.2) is 4.79 Å². The van der Waals surface area contributed by atoms with Crippen LogP contribution in [0.25, 0.3) is 0 Å². The van der Waals surface area contributed by atoms with E-state index in [9.17, 15) is 4.79 Å². The van der Waals surface area contributed by atoms with E-state index in [2.05, 4.69) is 11.7 Å². The van der Waals surface area contributed by atoms with Crippen LogP contribution in [0.15, 0.2) is 11.8 Å². The Bertz CT molecular complexity index is 173. The first-order valence-electron chi connectivity index (χ1n) is 4.65. The zero-order valence-corrected chi connectivity index (χ0v) is 8.63. The molecule has 0 unspecified atom stereocenters. The molecule has 3 nitrogen and oxygen atoms in total. The fraction of sp³-hybridized carbons (Fsp3) is 0.700. The second kappa shape index (κ2) is 7.65. The molecule has 0 spiro atoms. The van der Waals surface area contributed by atoms with Gasteiger partial charge in [0.25, 0.3) is 0 Å². The van der Waals surface area contributed by atoms with Gasteiger partial charge in [-0.3, -0.25) is 0 Å². The number of rotatable bonds is 6. The molecule has 0 amide bonds. The summed E-state index contributed by atoms with van der Waals surface area (Å²) in [5.41, 5.74) is 0.617. The molecule has 0 saturated carbocycles. The molecule has 0 rings (SSSR count). The molecule has 0 bridgehead atoms. The van der Waals surface area contributed by atoms with Crippen LogP contribution in [0.5, 0.6) is 0 Å². The lowest BCUT2D eigenvalue weighted by Gasteiger charge is -2.04. The summed E-state index contributed by atoms with van der Waals surface area (Å²) in [5, 5.41) is 0. The smallest absolute Gasteiger partial charge is 0.336 e. The van der Waals surface area contributed by atoms with Crippen molar-refractivity contribution in [3.8, 4) is 0 Å². The van der Waals surface area contributed by atoms with Crippen LogP contribution in [0.3, 0.4) is 0 Å². The van der Waals surface area contributed by atoms with Crippen molar-refractivity contribution in [1.29, 1.82) is 0 Å². The van der Waals surface area contributed by atoms with E-state index in [0.717, 1.165) is 19.3 Å². The van der Waals surface area contributed by atoms with Gasteiger partial charge in [-0.1, -0.05) is 13.3 Å². The number of carbonyl (C=O) groups excluding carboxylic acids is 1. The summed E-state index contributed by atoms with van der Waals surface area (Å²) in [6.45, 7) is 4.54. The summed E-state index contributed by atoms with van der Waals surface area (Å²) < 4.78 is 9.67. The Balaban J connectivity index is 4.09. The number of unbranched alkanes of at least 4 members (excludes halogenated alkanes) is 1. The lowest BCUT2D eigenvalue weighted by Crippen LogP contribution is -2.05. The molecule has 0 saturated heterocycles. The van der Waals surface area contributed by atoms with Gasteiger partial charge in [0, 0.05) is 0 Å². The number of hydrogen-bond acceptors (Lipinski definition) is 3. The van der Waals surface area contributed by atoms with Crippen LogP contribution < -0.4 is 0 Å². The maximum atomic E-state index is 11.2. The second-order valence-electron chi connectivity index (χ2n) is 2.69. The number of ether oxygens (including phenoxy) is 2. The average Bonchev–Trinajstić information content (AvgIpc) is 2.17. The quantitative estimate of drug-likeness (QED) is 0.362.